The molecule has 0 fully saturated rings. The SMILES string of the molecule is COCC(N[C@@H](C)c1ccncc1)C(C)C. The Bertz CT molecular complexity index is 287. The van der Waals surface area contributed by atoms with E-state index < -0.39 is 0 Å². The van der Waals surface area contributed by atoms with Crippen molar-refractivity contribution < 1.29 is 4.74 Å². The van der Waals surface area contributed by atoms with Crippen LogP contribution in [0.15, 0.2) is 24.5 Å². The monoisotopic (exact) mass is 222 g/mol. The van der Waals surface area contributed by atoms with Gasteiger partial charge < -0.3 is 10.1 Å². The van der Waals surface area contributed by atoms with Gasteiger partial charge in [0, 0.05) is 31.6 Å². The molecule has 3 nitrogen and oxygen atoms in total. The highest BCUT2D eigenvalue weighted by atomic mass is 16.5. The van der Waals surface area contributed by atoms with Gasteiger partial charge in [-0.1, -0.05) is 13.8 Å². The molecule has 1 N–H and O–H groups in total. The van der Waals surface area contributed by atoms with E-state index in [0.29, 0.717) is 18.0 Å². The fourth-order valence-electron chi connectivity index (χ4n) is 1.68. The minimum atomic E-state index is 0.325. The number of ether oxygens (including phenoxy) is 1. The molecule has 90 valence electrons. The van der Waals surface area contributed by atoms with Crippen molar-refractivity contribution in [2.45, 2.75) is 32.9 Å². The van der Waals surface area contributed by atoms with Crippen LogP contribution in [0, 0.1) is 5.92 Å². The van der Waals surface area contributed by atoms with Gasteiger partial charge in [0.1, 0.15) is 0 Å². The molecule has 0 amide bonds. The van der Waals surface area contributed by atoms with Crippen molar-refractivity contribution >= 4 is 0 Å². The van der Waals surface area contributed by atoms with Crippen molar-refractivity contribution in [3.05, 3.63) is 30.1 Å². The molecule has 0 aliphatic carbocycles. The summed E-state index contributed by atoms with van der Waals surface area (Å²) in [5.41, 5.74) is 1.26. The van der Waals surface area contributed by atoms with Crippen LogP contribution in [0.3, 0.4) is 0 Å². The number of nitrogens with one attached hydrogen (secondary N) is 1. The Balaban J connectivity index is 2.58. The van der Waals surface area contributed by atoms with Gasteiger partial charge in [0.15, 0.2) is 0 Å². The second-order valence-electron chi connectivity index (χ2n) is 4.47. The molecule has 16 heavy (non-hydrogen) atoms. The van der Waals surface area contributed by atoms with Gasteiger partial charge in [-0.3, -0.25) is 4.98 Å². The Labute approximate surface area is 98.2 Å². The van der Waals surface area contributed by atoms with E-state index >= 15 is 0 Å². The minimum Gasteiger partial charge on any atom is -0.383 e. The largest absolute Gasteiger partial charge is 0.383 e. The molecule has 0 saturated heterocycles. The molecule has 0 bridgehead atoms. The molecule has 1 rings (SSSR count). The maximum absolute atomic E-state index is 5.23. The lowest BCUT2D eigenvalue weighted by molar-refractivity contribution is 0.141. The van der Waals surface area contributed by atoms with E-state index in [9.17, 15) is 0 Å². The van der Waals surface area contributed by atoms with Crippen LogP contribution in [0.25, 0.3) is 0 Å². The number of pyridine rings is 1. The average Bonchev–Trinajstić information content (AvgIpc) is 2.29. The van der Waals surface area contributed by atoms with Gasteiger partial charge >= 0.3 is 0 Å². The highest BCUT2D eigenvalue weighted by Gasteiger charge is 2.16. The van der Waals surface area contributed by atoms with Gasteiger partial charge in [-0.2, -0.15) is 0 Å². The van der Waals surface area contributed by atoms with Crippen LogP contribution in [0.2, 0.25) is 0 Å². The topological polar surface area (TPSA) is 34.1 Å². The zero-order valence-corrected chi connectivity index (χ0v) is 10.6. The predicted molar refractivity (Wildman–Crippen MR) is 66.3 cm³/mol. The third-order valence-electron chi connectivity index (χ3n) is 2.82. The Morgan fingerprint density at radius 1 is 1.25 bits per heavy atom. The quantitative estimate of drug-likeness (QED) is 0.802. The van der Waals surface area contributed by atoms with Crippen molar-refractivity contribution in [2.75, 3.05) is 13.7 Å². The van der Waals surface area contributed by atoms with E-state index in [2.05, 4.69) is 31.1 Å². The Kier molecular flexibility index (Phi) is 5.43. The molecular weight excluding hydrogens is 200 g/mol. The smallest absolute Gasteiger partial charge is 0.0618 e. The summed E-state index contributed by atoms with van der Waals surface area (Å²) in [4.78, 5) is 4.03. The fraction of sp³-hybridized carbons (Fsp3) is 0.615. The van der Waals surface area contributed by atoms with E-state index in [0.717, 1.165) is 6.61 Å². The first kappa shape index (κ1) is 13.1. The third kappa shape index (κ3) is 3.91. The molecule has 1 unspecified atom stereocenters. The highest BCUT2D eigenvalue weighted by molar-refractivity contribution is 5.14. The number of nitrogens with zero attached hydrogens (tertiary/aromatic N) is 1. The standard InChI is InChI=1S/C13H22N2O/c1-10(2)13(9-16-4)15-11(3)12-5-7-14-8-6-12/h5-8,10-11,13,15H,9H2,1-4H3/t11-,13?/m0/s1. The van der Waals surface area contributed by atoms with Gasteiger partial charge in [-0.15, -0.1) is 0 Å². The zero-order chi connectivity index (χ0) is 12.0. The number of rotatable bonds is 6. The molecule has 1 heterocycles. The summed E-state index contributed by atoms with van der Waals surface area (Å²) >= 11 is 0. The van der Waals surface area contributed by atoms with Gasteiger partial charge in [-0.25, -0.2) is 0 Å². The Hall–Kier alpha value is -0.930. The Morgan fingerprint density at radius 3 is 2.38 bits per heavy atom. The average molecular weight is 222 g/mol. The van der Waals surface area contributed by atoms with E-state index in [-0.39, 0.29) is 0 Å². The molecule has 2 atom stereocenters. The molecule has 0 saturated carbocycles. The van der Waals surface area contributed by atoms with Crippen molar-refractivity contribution in [3.8, 4) is 0 Å². The predicted octanol–water partition coefficient (Wildman–Crippen LogP) is 2.40. The van der Waals surface area contributed by atoms with Gasteiger partial charge in [0.25, 0.3) is 0 Å². The number of hydrogen-bond acceptors (Lipinski definition) is 3. The van der Waals surface area contributed by atoms with Gasteiger partial charge in [-0.05, 0) is 30.5 Å². The molecule has 0 radical (unpaired) electrons. The lowest BCUT2D eigenvalue weighted by Gasteiger charge is -2.26. The van der Waals surface area contributed by atoms with E-state index in [1.165, 1.54) is 5.56 Å². The maximum Gasteiger partial charge on any atom is 0.0618 e. The van der Waals surface area contributed by atoms with Crippen LogP contribution in [-0.2, 0) is 4.74 Å². The summed E-state index contributed by atoms with van der Waals surface area (Å²) in [7, 11) is 1.74. The minimum absolute atomic E-state index is 0.325. The number of methoxy groups -OCH3 is 1. The fourth-order valence-corrected chi connectivity index (χ4v) is 1.68. The normalized spacial score (nSPS) is 15.1. The van der Waals surface area contributed by atoms with Crippen molar-refractivity contribution in [3.63, 3.8) is 0 Å². The first-order valence-electron chi connectivity index (χ1n) is 5.80. The van der Waals surface area contributed by atoms with Crippen LogP contribution in [0.5, 0.6) is 0 Å². The number of hydrogen-bond donors (Lipinski definition) is 1. The summed E-state index contributed by atoms with van der Waals surface area (Å²) in [5, 5.41) is 3.58. The molecule has 1 aromatic heterocycles. The van der Waals surface area contributed by atoms with Crippen molar-refractivity contribution in [1.29, 1.82) is 0 Å². The molecular formula is C13H22N2O. The second kappa shape index (κ2) is 6.61. The molecule has 0 aromatic carbocycles. The van der Waals surface area contributed by atoms with E-state index in [1.807, 2.05) is 24.5 Å². The summed E-state index contributed by atoms with van der Waals surface area (Å²) in [6.45, 7) is 7.32. The summed E-state index contributed by atoms with van der Waals surface area (Å²) in [6.07, 6.45) is 3.66. The van der Waals surface area contributed by atoms with Crippen LogP contribution < -0.4 is 5.32 Å². The lowest BCUT2D eigenvalue weighted by atomic mass is 10.0. The molecule has 0 spiro atoms. The summed E-state index contributed by atoms with van der Waals surface area (Å²) in [5.74, 6) is 0.559. The molecule has 3 heteroatoms. The molecule has 1 aromatic rings. The van der Waals surface area contributed by atoms with E-state index in [4.69, 9.17) is 4.74 Å². The van der Waals surface area contributed by atoms with E-state index in [1.54, 1.807) is 7.11 Å². The van der Waals surface area contributed by atoms with Crippen LogP contribution in [0.1, 0.15) is 32.4 Å². The Morgan fingerprint density at radius 2 is 1.88 bits per heavy atom. The first-order chi connectivity index (χ1) is 7.65. The lowest BCUT2D eigenvalue weighted by Crippen LogP contribution is -2.39. The van der Waals surface area contributed by atoms with Crippen molar-refractivity contribution in [2.24, 2.45) is 5.92 Å². The first-order valence-corrected chi connectivity index (χ1v) is 5.80. The number of aromatic nitrogens is 1. The van der Waals surface area contributed by atoms with Gasteiger partial charge in [0.2, 0.25) is 0 Å². The van der Waals surface area contributed by atoms with Crippen LogP contribution in [0.4, 0.5) is 0 Å². The third-order valence-corrected chi connectivity index (χ3v) is 2.82. The maximum atomic E-state index is 5.23. The highest BCUT2D eigenvalue weighted by Crippen LogP contribution is 2.14. The van der Waals surface area contributed by atoms with Crippen LogP contribution in [-0.4, -0.2) is 24.7 Å². The molecule has 0 aliphatic rings. The zero-order valence-electron chi connectivity index (χ0n) is 10.6. The van der Waals surface area contributed by atoms with Gasteiger partial charge in [0.05, 0.1) is 6.61 Å². The van der Waals surface area contributed by atoms with Crippen LogP contribution >= 0.6 is 0 Å². The van der Waals surface area contributed by atoms with Crippen molar-refractivity contribution in [1.82, 2.24) is 10.3 Å². The summed E-state index contributed by atoms with van der Waals surface area (Å²) in [6, 6.07) is 4.79. The molecule has 0 aliphatic heterocycles. The second-order valence-corrected chi connectivity index (χ2v) is 4.47. The summed E-state index contributed by atoms with van der Waals surface area (Å²) < 4.78 is 5.23.